The second kappa shape index (κ2) is 6.44. The molecule has 0 radical (unpaired) electrons. The molecule has 0 saturated carbocycles. The topological polar surface area (TPSA) is 87.4 Å². The van der Waals surface area contributed by atoms with E-state index in [1.54, 1.807) is 6.07 Å². The molecule has 6 nitrogen and oxygen atoms in total. The van der Waals surface area contributed by atoms with E-state index in [9.17, 15) is 4.79 Å². The summed E-state index contributed by atoms with van der Waals surface area (Å²) >= 11 is 0. The van der Waals surface area contributed by atoms with Crippen LogP contribution >= 0.6 is 0 Å². The zero-order chi connectivity index (χ0) is 15.4. The van der Waals surface area contributed by atoms with Gasteiger partial charge in [-0.1, -0.05) is 47.6 Å². The number of benzene rings is 1. The second-order valence-electron chi connectivity index (χ2n) is 5.21. The van der Waals surface area contributed by atoms with Crippen molar-refractivity contribution in [1.82, 2.24) is 10.5 Å². The Bertz CT molecular complexity index is 666. The van der Waals surface area contributed by atoms with Crippen molar-refractivity contribution in [2.24, 2.45) is 5.92 Å². The monoisotopic (exact) mass is 299 g/mol. The first-order valence-electron chi connectivity index (χ1n) is 7.13. The van der Waals surface area contributed by atoms with Gasteiger partial charge in [0.25, 0.3) is 0 Å². The number of anilines is 1. The lowest BCUT2D eigenvalue weighted by molar-refractivity contribution is 0.238. The van der Waals surface area contributed by atoms with E-state index < -0.39 is 0 Å². The van der Waals surface area contributed by atoms with E-state index in [4.69, 9.17) is 9.63 Å². The number of hydrogen-bond donors (Lipinski definition) is 3. The molecule has 3 N–H and O–H groups in total. The van der Waals surface area contributed by atoms with Gasteiger partial charge in [0.15, 0.2) is 11.6 Å². The molecule has 1 aromatic carbocycles. The Morgan fingerprint density at radius 3 is 2.86 bits per heavy atom. The predicted molar refractivity (Wildman–Crippen MR) is 82.2 cm³/mol. The number of aliphatic hydroxyl groups is 1. The Kier molecular flexibility index (Phi) is 4.20. The highest BCUT2D eigenvalue weighted by Crippen LogP contribution is 2.22. The highest BCUT2D eigenvalue weighted by atomic mass is 16.5. The standard InChI is InChI=1S/C16H17N3O3/c20-10-11-6-7-13(8-11)17-16(21)18-15-9-14(22-19-15)12-4-2-1-3-5-12/h1-7,9,11,13,20H,8,10H2,(H2,17,18,19,21)/t11-,13+/m0/s1. The van der Waals surface area contributed by atoms with Crippen LogP contribution in [0.25, 0.3) is 11.3 Å². The highest BCUT2D eigenvalue weighted by Gasteiger charge is 2.20. The van der Waals surface area contributed by atoms with E-state index in [-0.39, 0.29) is 24.6 Å². The van der Waals surface area contributed by atoms with Crippen LogP contribution in [0, 0.1) is 5.92 Å². The maximum atomic E-state index is 11.9. The van der Waals surface area contributed by atoms with Crippen LogP contribution in [0.3, 0.4) is 0 Å². The Balaban J connectivity index is 1.56. The number of rotatable bonds is 4. The zero-order valence-electron chi connectivity index (χ0n) is 11.9. The molecule has 2 atom stereocenters. The zero-order valence-corrected chi connectivity index (χ0v) is 11.9. The van der Waals surface area contributed by atoms with Crippen molar-refractivity contribution in [2.75, 3.05) is 11.9 Å². The van der Waals surface area contributed by atoms with Crippen molar-refractivity contribution in [1.29, 1.82) is 0 Å². The normalized spacial score (nSPS) is 20.0. The third kappa shape index (κ3) is 3.35. The molecule has 1 aromatic heterocycles. The Labute approximate surface area is 127 Å². The summed E-state index contributed by atoms with van der Waals surface area (Å²) in [7, 11) is 0. The number of hydrogen-bond acceptors (Lipinski definition) is 4. The summed E-state index contributed by atoms with van der Waals surface area (Å²) < 4.78 is 5.22. The fourth-order valence-corrected chi connectivity index (χ4v) is 2.41. The van der Waals surface area contributed by atoms with Gasteiger partial charge in [0, 0.05) is 30.2 Å². The maximum Gasteiger partial charge on any atom is 0.320 e. The van der Waals surface area contributed by atoms with Gasteiger partial charge in [0.1, 0.15) is 0 Å². The molecule has 0 fully saturated rings. The van der Waals surface area contributed by atoms with E-state index in [1.165, 1.54) is 0 Å². The quantitative estimate of drug-likeness (QED) is 0.756. The molecule has 1 heterocycles. The van der Waals surface area contributed by atoms with Gasteiger partial charge in [0.2, 0.25) is 0 Å². The van der Waals surface area contributed by atoms with Crippen LogP contribution in [-0.2, 0) is 0 Å². The molecule has 2 aromatic rings. The SMILES string of the molecule is O=C(Nc1cc(-c2ccccc2)on1)N[C@@H]1C=C[C@H](CO)C1. The molecular formula is C16H17N3O3. The predicted octanol–water partition coefficient (Wildman–Crippen LogP) is 2.40. The van der Waals surface area contributed by atoms with E-state index in [0.29, 0.717) is 18.0 Å². The van der Waals surface area contributed by atoms with Gasteiger partial charge in [0.05, 0.1) is 0 Å². The average molecular weight is 299 g/mol. The molecule has 22 heavy (non-hydrogen) atoms. The molecule has 0 spiro atoms. The van der Waals surface area contributed by atoms with Crippen LogP contribution < -0.4 is 10.6 Å². The van der Waals surface area contributed by atoms with Crippen LogP contribution in [0.4, 0.5) is 10.6 Å². The van der Waals surface area contributed by atoms with Crippen molar-refractivity contribution in [3.05, 3.63) is 48.6 Å². The molecule has 0 unspecified atom stereocenters. The molecule has 2 amide bonds. The van der Waals surface area contributed by atoms with Gasteiger partial charge in [-0.3, -0.25) is 5.32 Å². The van der Waals surface area contributed by atoms with E-state index in [1.807, 2.05) is 42.5 Å². The van der Waals surface area contributed by atoms with Gasteiger partial charge in [-0.2, -0.15) is 0 Å². The van der Waals surface area contributed by atoms with Crippen LogP contribution in [0.1, 0.15) is 6.42 Å². The van der Waals surface area contributed by atoms with Crippen LogP contribution in [0.2, 0.25) is 0 Å². The fraction of sp³-hybridized carbons (Fsp3) is 0.250. The summed E-state index contributed by atoms with van der Waals surface area (Å²) in [5.74, 6) is 1.07. The first-order chi connectivity index (χ1) is 10.7. The minimum absolute atomic E-state index is 0.0716. The summed E-state index contributed by atoms with van der Waals surface area (Å²) in [5.41, 5.74) is 0.896. The van der Waals surface area contributed by atoms with Gasteiger partial charge in [-0.25, -0.2) is 4.79 Å². The van der Waals surface area contributed by atoms with Gasteiger partial charge >= 0.3 is 6.03 Å². The van der Waals surface area contributed by atoms with Crippen molar-refractivity contribution in [3.63, 3.8) is 0 Å². The van der Waals surface area contributed by atoms with E-state index >= 15 is 0 Å². The number of nitrogens with zero attached hydrogens (tertiary/aromatic N) is 1. The van der Waals surface area contributed by atoms with Gasteiger partial charge in [-0.05, 0) is 6.42 Å². The number of amides is 2. The highest BCUT2D eigenvalue weighted by molar-refractivity contribution is 5.89. The summed E-state index contributed by atoms with van der Waals surface area (Å²) in [6, 6.07) is 10.8. The average Bonchev–Trinajstić information content (AvgIpc) is 3.17. The minimum atomic E-state index is -0.346. The number of nitrogens with one attached hydrogen (secondary N) is 2. The molecule has 3 rings (SSSR count). The second-order valence-corrected chi connectivity index (χ2v) is 5.21. The van der Waals surface area contributed by atoms with Crippen molar-refractivity contribution in [3.8, 4) is 11.3 Å². The van der Waals surface area contributed by atoms with Crippen molar-refractivity contribution >= 4 is 11.8 Å². The molecule has 0 bridgehead atoms. The molecule has 6 heteroatoms. The number of carbonyl (C=O) groups excluding carboxylic acids is 1. The van der Waals surface area contributed by atoms with Crippen LogP contribution in [-0.4, -0.2) is 28.9 Å². The Morgan fingerprint density at radius 1 is 1.32 bits per heavy atom. The first kappa shape index (κ1) is 14.3. The molecule has 0 aliphatic heterocycles. The number of aliphatic hydroxyl groups excluding tert-OH is 1. The minimum Gasteiger partial charge on any atom is -0.396 e. The summed E-state index contributed by atoms with van der Waals surface area (Å²) in [6.07, 6.45) is 4.51. The van der Waals surface area contributed by atoms with Gasteiger partial charge < -0.3 is 14.9 Å². The van der Waals surface area contributed by atoms with E-state index in [0.717, 1.165) is 5.56 Å². The van der Waals surface area contributed by atoms with Gasteiger partial charge in [-0.15, -0.1) is 0 Å². The molecular weight excluding hydrogens is 282 g/mol. The third-order valence-electron chi connectivity index (χ3n) is 3.53. The summed E-state index contributed by atoms with van der Waals surface area (Å²) in [5, 5.41) is 18.3. The molecule has 114 valence electrons. The first-order valence-corrected chi connectivity index (χ1v) is 7.13. The Hall–Kier alpha value is -2.60. The summed E-state index contributed by atoms with van der Waals surface area (Å²) in [6.45, 7) is 0.0972. The number of aromatic nitrogens is 1. The van der Waals surface area contributed by atoms with Crippen LogP contribution in [0.5, 0.6) is 0 Å². The largest absolute Gasteiger partial charge is 0.396 e. The van der Waals surface area contributed by atoms with Crippen molar-refractivity contribution < 1.29 is 14.4 Å². The molecule has 1 aliphatic carbocycles. The van der Waals surface area contributed by atoms with E-state index in [2.05, 4.69) is 15.8 Å². The van der Waals surface area contributed by atoms with Crippen molar-refractivity contribution in [2.45, 2.75) is 12.5 Å². The molecule has 1 aliphatic rings. The fourth-order valence-electron chi connectivity index (χ4n) is 2.41. The maximum absolute atomic E-state index is 11.9. The third-order valence-corrected chi connectivity index (χ3v) is 3.53. The Morgan fingerprint density at radius 2 is 2.14 bits per heavy atom. The number of carbonyl (C=O) groups is 1. The molecule has 0 saturated heterocycles. The summed E-state index contributed by atoms with van der Waals surface area (Å²) in [4.78, 5) is 11.9. The number of urea groups is 1. The lowest BCUT2D eigenvalue weighted by Crippen LogP contribution is -2.36. The van der Waals surface area contributed by atoms with Crippen LogP contribution in [0.15, 0.2) is 53.1 Å². The smallest absolute Gasteiger partial charge is 0.320 e. The lowest BCUT2D eigenvalue weighted by Gasteiger charge is -2.12. The lowest BCUT2D eigenvalue weighted by atomic mass is 10.1.